The number of carbonyl (C=O) groups excluding carboxylic acids is 1. The van der Waals surface area contributed by atoms with Crippen LogP contribution in [-0.4, -0.2) is 58.6 Å². The van der Waals surface area contributed by atoms with E-state index in [-0.39, 0.29) is 29.3 Å². The summed E-state index contributed by atoms with van der Waals surface area (Å²) >= 11 is 0. The van der Waals surface area contributed by atoms with Gasteiger partial charge in [0.2, 0.25) is 15.9 Å². The molecule has 2 atom stereocenters. The number of rotatable bonds is 7. The van der Waals surface area contributed by atoms with Crippen LogP contribution in [0.25, 0.3) is 0 Å². The fraction of sp³-hybridized carbons (Fsp3) is 0.588. The minimum Gasteiger partial charge on any atom is -0.497 e. The third-order valence-corrected chi connectivity index (χ3v) is 6.14. The maximum Gasteiger partial charge on any atom is 0.243 e. The van der Waals surface area contributed by atoms with E-state index in [9.17, 15) is 13.2 Å². The molecule has 25 heavy (non-hydrogen) atoms. The molecule has 1 heterocycles. The van der Waals surface area contributed by atoms with Crippen LogP contribution in [0.5, 0.6) is 5.75 Å². The molecule has 1 saturated heterocycles. The molecule has 0 saturated carbocycles. The van der Waals surface area contributed by atoms with Gasteiger partial charge >= 0.3 is 0 Å². The number of hydrogen-bond donors (Lipinski definition) is 1. The van der Waals surface area contributed by atoms with Gasteiger partial charge in [-0.1, -0.05) is 0 Å². The number of piperidine rings is 1. The standard InChI is InChI=1S/C17H26N2O5S/c1-13(12-23-2)18-17(20)14-5-4-10-19(11-14)25(21,22)16-8-6-15(24-3)7-9-16/h6-9,13-14H,4-5,10-12H2,1-3H3,(H,18,20)/t13-,14+/m0/s1. The van der Waals surface area contributed by atoms with E-state index in [2.05, 4.69) is 5.32 Å². The van der Waals surface area contributed by atoms with Gasteiger partial charge in [0.05, 0.1) is 24.5 Å². The summed E-state index contributed by atoms with van der Waals surface area (Å²) in [4.78, 5) is 12.6. The Labute approximate surface area is 149 Å². The summed E-state index contributed by atoms with van der Waals surface area (Å²) in [6, 6.07) is 6.18. The zero-order valence-corrected chi connectivity index (χ0v) is 15.7. The number of nitrogens with one attached hydrogen (secondary N) is 1. The average Bonchev–Trinajstić information content (AvgIpc) is 2.62. The number of nitrogens with zero attached hydrogens (tertiary/aromatic N) is 1. The number of methoxy groups -OCH3 is 2. The van der Waals surface area contributed by atoms with Crippen molar-refractivity contribution < 1.29 is 22.7 Å². The third-order valence-electron chi connectivity index (χ3n) is 4.26. The van der Waals surface area contributed by atoms with Crippen LogP contribution in [0.4, 0.5) is 0 Å². The quantitative estimate of drug-likeness (QED) is 0.781. The maximum atomic E-state index is 12.8. The van der Waals surface area contributed by atoms with Crippen molar-refractivity contribution >= 4 is 15.9 Å². The Morgan fingerprint density at radius 1 is 1.32 bits per heavy atom. The predicted octanol–water partition coefficient (Wildman–Crippen LogP) is 1.25. The van der Waals surface area contributed by atoms with Gasteiger partial charge in [-0.15, -0.1) is 0 Å². The molecule has 2 rings (SSSR count). The molecular weight excluding hydrogens is 344 g/mol. The van der Waals surface area contributed by atoms with Gasteiger partial charge in [0.25, 0.3) is 0 Å². The Balaban J connectivity index is 2.07. The normalized spacial score (nSPS) is 20.0. The summed E-state index contributed by atoms with van der Waals surface area (Å²) in [5.41, 5.74) is 0. The van der Waals surface area contributed by atoms with Crippen molar-refractivity contribution in [1.29, 1.82) is 0 Å². The number of ether oxygens (including phenoxy) is 2. The van der Waals surface area contributed by atoms with Crippen LogP contribution in [0.1, 0.15) is 19.8 Å². The van der Waals surface area contributed by atoms with Crippen LogP contribution < -0.4 is 10.1 Å². The van der Waals surface area contributed by atoms with Gasteiger partial charge in [-0.3, -0.25) is 4.79 Å². The van der Waals surface area contributed by atoms with Crippen molar-refractivity contribution in [3.05, 3.63) is 24.3 Å². The predicted molar refractivity (Wildman–Crippen MR) is 94.0 cm³/mol. The number of benzene rings is 1. The Bertz CT molecular complexity index is 675. The monoisotopic (exact) mass is 370 g/mol. The first kappa shape index (κ1) is 19.7. The molecule has 0 bridgehead atoms. The van der Waals surface area contributed by atoms with E-state index in [1.807, 2.05) is 6.92 Å². The van der Waals surface area contributed by atoms with Gasteiger partial charge < -0.3 is 14.8 Å². The number of sulfonamides is 1. The van der Waals surface area contributed by atoms with E-state index in [1.54, 1.807) is 19.2 Å². The molecule has 140 valence electrons. The molecule has 1 aliphatic heterocycles. The first-order chi connectivity index (χ1) is 11.9. The van der Waals surface area contributed by atoms with E-state index >= 15 is 0 Å². The molecule has 0 radical (unpaired) electrons. The highest BCUT2D eigenvalue weighted by Crippen LogP contribution is 2.25. The molecule has 1 fully saturated rings. The van der Waals surface area contributed by atoms with E-state index in [0.717, 1.165) is 0 Å². The minimum absolute atomic E-state index is 0.105. The second-order valence-corrected chi connectivity index (χ2v) is 8.18. The van der Waals surface area contributed by atoms with E-state index < -0.39 is 10.0 Å². The van der Waals surface area contributed by atoms with Gasteiger partial charge in [-0.05, 0) is 44.0 Å². The zero-order chi connectivity index (χ0) is 18.4. The summed E-state index contributed by atoms with van der Waals surface area (Å²) in [6.45, 7) is 2.90. The number of carbonyl (C=O) groups is 1. The molecule has 1 aromatic rings. The van der Waals surface area contributed by atoms with Crippen molar-refractivity contribution in [2.24, 2.45) is 5.92 Å². The summed E-state index contributed by atoms with van der Waals surface area (Å²) in [7, 11) is -0.514. The van der Waals surface area contributed by atoms with Crippen LogP contribution in [0.2, 0.25) is 0 Å². The fourth-order valence-electron chi connectivity index (χ4n) is 2.92. The summed E-state index contributed by atoms with van der Waals surface area (Å²) in [5, 5.41) is 2.88. The molecule has 0 aromatic heterocycles. The van der Waals surface area contributed by atoms with Gasteiger partial charge in [0, 0.05) is 26.2 Å². The highest BCUT2D eigenvalue weighted by Gasteiger charge is 2.33. The first-order valence-electron chi connectivity index (χ1n) is 8.32. The largest absolute Gasteiger partial charge is 0.497 e. The van der Waals surface area contributed by atoms with Crippen LogP contribution >= 0.6 is 0 Å². The van der Waals surface area contributed by atoms with E-state index in [1.165, 1.54) is 23.5 Å². The summed E-state index contributed by atoms with van der Waals surface area (Å²) in [5.74, 6) is 0.127. The van der Waals surface area contributed by atoms with Gasteiger partial charge in [0.15, 0.2) is 0 Å². The molecule has 1 aliphatic rings. The SMILES string of the molecule is COC[C@H](C)NC(=O)[C@@H]1CCCN(S(=O)(=O)c2ccc(OC)cc2)C1. The van der Waals surface area contributed by atoms with E-state index in [4.69, 9.17) is 9.47 Å². The van der Waals surface area contributed by atoms with Crippen molar-refractivity contribution in [2.75, 3.05) is 33.9 Å². The Morgan fingerprint density at radius 2 is 2.00 bits per heavy atom. The Morgan fingerprint density at radius 3 is 2.60 bits per heavy atom. The maximum absolute atomic E-state index is 12.8. The van der Waals surface area contributed by atoms with E-state index in [0.29, 0.717) is 31.7 Å². The van der Waals surface area contributed by atoms with Crippen LogP contribution in [0.15, 0.2) is 29.2 Å². The molecule has 0 aliphatic carbocycles. The summed E-state index contributed by atoms with van der Waals surface area (Å²) in [6.07, 6.45) is 1.34. The first-order valence-corrected chi connectivity index (χ1v) is 9.76. The van der Waals surface area contributed by atoms with Crippen LogP contribution in [0.3, 0.4) is 0 Å². The summed E-state index contributed by atoms with van der Waals surface area (Å²) < 4.78 is 37.1. The van der Waals surface area contributed by atoms with Gasteiger partial charge in [-0.25, -0.2) is 8.42 Å². The van der Waals surface area contributed by atoms with Crippen molar-refractivity contribution in [3.8, 4) is 5.75 Å². The van der Waals surface area contributed by atoms with Gasteiger partial charge in [0.1, 0.15) is 5.75 Å². The highest BCUT2D eigenvalue weighted by molar-refractivity contribution is 7.89. The average molecular weight is 370 g/mol. The molecular formula is C17H26N2O5S. The van der Waals surface area contributed by atoms with Crippen LogP contribution in [-0.2, 0) is 19.6 Å². The molecule has 1 N–H and O–H groups in total. The lowest BCUT2D eigenvalue weighted by molar-refractivity contribution is -0.127. The number of hydrogen-bond acceptors (Lipinski definition) is 5. The Hall–Kier alpha value is -1.64. The Kier molecular flexibility index (Phi) is 6.80. The second-order valence-electron chi connectivity index (χ2n) is 6.24. The molecule has 8 heteroatoms. The fourth-order valence-corrected chi connectivity index (χ4v) is 4.45. The molecule has 0 unspecified atom stereocenters. The highest BCUT2D eigenvalue weighted by atomic mass is 32.2. The zero-order valence-electron chi connectivity index (χ0n) is 14.9. The molecule has 1 aromatic carbocycles. The lowest BCUT2D eigenvalue weighted by atomic mass is 9.98. The van der Waals surface area contributed by atoms with Gasteiger partial charge in [-0.2, -0.15) is 4.31 Å². The lowest BCUT2D eigenvalue weighted by Gasteiger charge is -2.31. The van der Waals surface area contributed by atoms with Crippen LogP contribution in [0, 0.1) is 5.92 Å². The minimum atomic E-state index is -3.62. The van der Waals surface area contributed by atoms with Crippen molar-refractivity contribution in [3.63, 3.8) is 0 Å². The molecule has 1 amide bonds. The molecule has 7 nitrogen and oxygen atoms in total. The second kappa shape index (κ2) is 8.64. The van der Waals surface area contributed by atoms with Crippen molar-refractivity contribution in [1.82, 2.24) is 9.62 Å². The molecule has 0 spiro atoms. The number of amides is 1. The smallest absolute Gasteiger partial charge is 0.243 e. The topological polar surface area (TPSA) is 84.9 Å². The van der Waals surface area contributed by atoms with Crippen molar-refractivity contribution in [2.45, 2.75) is 30.7 Å². The third kappa shape index (κ3) is 4.93. The lowest BCUT2D eigenvalue weighted by Crippen LogP contribution is -2.47.